The Labute approximate surface area is 90.7 Å². The lowest BCUT2D eigenvalue weighted by atomic mass is 10.0. The lowest BCUT2D eigenvalue weighted by molar-refractivity contribution is 0.640. The first-order valence-electron chi connectivity index (χ1n) is 5.53. The largest absolute Gasteiger partial charge is 0.350 e. The van der Waals surface area contributed by atoms with Crippen LogP contribution in [0.2, 0.25) is 0 Å². The fourth-order valence-corrected chi connectivity index (χ4v) is 2.14. The van der Waals surface area contributed by atoms with E-state index in [0.29, 0.717) is 0 Å². The van der Waals surface area contributed by atoms with Crippen molar-refractivity contribution in [2.75, 3.05) is 0 Å². The Morgan fingerprint density at radius 1 is 1.33 bits per heavy atom. The molecule has 1 heterocycles. The van der Waals surface area contributed by atoms with Crippen molar-refractivity contribution in [2.24, 2.45) is 12.8 Å². The second-order valence-corrected chi connectivity index (χ2v) is 4.11. The van der Waals surface area contributed by atoms with Crippen molar-refractivity contribution in [3.8, 4) is 0 Å². The predicted molar refractivity (Wildman–Crippen MR) is 64.8 cm³/mol. The zero-order chi connectivity index (χ0) is 10.8. The molecule has 2 aromatic rings. The van der Waals surface area contributed by atoms with E-state index in [4.69, 9.17) is 5.73 Å². The number of hydrogen-bond donors (Lipinski definition) is 1. The minimum atomic E-state index is 0.168. The number of fused-ring (bicyclic) bond motifs is 1. The van der Waals surface area contributed by atoms with E-state index in [1.165, 1.54) is 16.5 Å². The summed E-state index contributed by atoms with van der Waals surface area (Å²) in [6.07, 6.45) is 4.34. The molecule has 15 heavy (non-hydrogen) atoms. The SMILES string of the molecule is CCC[C@@H](N)c1cn(C)c2ccccc12. The fourth-order valence-electron chi connectivity index (χ4n) is 2.14. The van der Waals surface area contributed by atoms with Crippen molar-refractivity contribution < 1.29 is 0 Å². The maximum Gasteiger partial charge on any atom is 0.0481 e. The molecule has 0 aliphatic carbocycles. The van der Waals surface area contributed by atoms with Crippen LogP contribution >= 0.6 is 0 Å². The quantitative estimate of drug-likeness (QED) is 0.815. The maximum atomic E-state index is 6.17. The Hall–Kier alpha value is -1.28. The molecular formula is C13H18N2. The van der Waals surface area contributed by atoms with Gasteiger partial charge in [-0.25, -0.2) is 0 Å². The van der Waals surface area contributed by atoms with Gasteiger partial charge in [0.15, 0.2) is 0 Å². The molecule has 0 spiro atoms. The average Bonchev–Trinajstić information content (AvgIpc) is 2.58. The first-order valence-corrected chi connectivity index (χ1v) is 5.53. The first kappa shape index (κ1) is 10.2. The summed E-state index contributed by atoms with van der Waals surface area (Å²) in [6.45, 7) is 2.17. The molecule has 0 amide bonds. The van der Waals surface area contributed by atoms with Crippen molar-refractivity contribution in [2.45, 2.75) is 25.8 Å². The molecule has 2 nitrogen and oxygen atoms in total. The number of nitrogens with zero attached hydrogens (tertiary/aromatic N) is 1. The molecule has 0 saturated heterocycles. The van der Waals surface area contributed by atoms with Gasteiger partial charge in [-0.3, -0.25) is 0 Å². The molecule has 0 saturated carbocycles. The highest BCUT2D eigenvalue weighted by atomic mass is 14.9. The zero-order valence-corrected chi connectivity index (χ0v) is 9.40. The van der Waals surface area contributed by atoms with E-state index in [1.54, 1.807) is 0 Å². The number of rotatable bonds is 3. The van der Waals surface area contributed by atoms with Crippen LogP contribution < -0.4 is 5.73 Å². The van der Waals surface area contributed by atoms with E-state index in [1.807, 2.05) is 0 Å². The van der Waals surface area contributed by atoms with Crippen molar-refractivity contribution in [1.29, 1.82) is 0 Å². The molecule has 0 aliphatic heterocycles. The number of aryl methyl sites for hydroxylation is 1. The standard InChI is InChI=1S/C13H18N2/c1-3-6-12(14)11-9-15(2)13-8-5-4-7-10(11)13/h4-5,7-9,12H,3,6,14H2,1-2H3/t12-/m1/s1. The lowest BCUT2D eigenvalue weighted by Gasteiger charge is -2.08. The van der Waals surface area contributed by atoms with Crippen LogP contribution in [0.5, 0.6) is 0 Å². The summed E-state index contributed by atoms with van der Waals surface area (Å²) in [5, 5.41) is 1.29. The van der Waals surface area contributed by atoms with Gasteiger partial charge in [-0.05, 0) is 18.1 Å². The van der Waals surface area contributed by atoms with Gasteiger partial charge in [0.1, 0.15) is 0 Å². The van der Waals surface area contributed by atoms with E-state index in [0.717, 1.165) is 12.8 Å². The van der Waals surface area contributed by atoms with Crippen LogP contribution in [0.4, 0.5) is 0 Å². The van der Waals surface area contributed by atoms with Gasteiger partial charge in [-0.2, -0.15) is 0 Å². The molecule has 2 rings (SSSR count). The van der Waals surface area contributed by atoms with E-state index >= 15 is 0 Å². The summed E-state index contributed by atoms with van der Waals surface area (Å²) in [7, 11) is 2.07. The molecule has 80 valence electrons. The van der Waals surface area contributed by atoms with Gasteiger partial charge in [-0.15, -0.1) is 0 Å². The van der Waals surface area contributed by atoms with Gasteiger partial charge in [0.25, 0.3) is 0 Å². The van der Waals surface area contributed by atoms with Gasteiger partial charge in [-0.1, -0.05) is 31.5 Å². The lowest BCUT2D eigenvalue weighted by Crippen LogP contribution is -2.08. The Morgan fingerprint density at radius 2 is 2.07 bits per heavy atom. The van der Waals surface area contributed by atoms with Crippen LogP contribution in [-0.2, 0) is 7.05 Å². The van der Waals surface area contributed by atoms with Crippen LogP contribution in [0.25, 0.3) is 10.9 Å². The van der Waals surface area contributed by atoms with Crippen LogP contribution in [0.1, 0.15) is 31.4 Å². The van der Waals surface area contributed by atoms with Crippen molar-refractivity contribution in [1.82, 2.24) is 4.57 Å². The second-order valence-electron chi connectivity index (χ2n) is 4.11. The first-order chi connectivity index (χ1) is 7.24. The van der Waals surface area contributed by atoms with Gasteiger partial charge in [0.2, 0.25) is 0 Å². The Balaban J connectivity index is 2.52. The van der Waals surface area contributed by atoms with E-state index in [9.17, 15) is 0 Å². The molecule has 0 bridgehead atoms. The normalized spacial score (nSPS) is 13.3. The average molecular weight is 202 g/mol. The number of para-hydroxylation sites is 1. The molecule has 1 aromatic heterocycles. The van der Waals surface area contributed by atoms with Crippen molar-refractivity contribution >= 4 is 10.9 Å². The fraction of sp³-hybridized carbons (Fsp3) is 0.385. The van der Waals surface area contributed by atoms with E-state index in [-0.39, 0.29) is 6.04 Å². The molecular weight excluding hydrogens is 184 g/mol. The molecule has 0 unspecified atom stereocenters. The van der Waals surface area contributed by atoms with Gasteiger partial charge < -0.3 is 10.3 Å². The monoisotopic (exact) mass is 202 g/mol. The molecule has 1 aromatic carbocycles. The third-order valence-corrected chi connectivity index (χ3v) is 2.93. The number of aromatic nitrogens is 1. The number of benzene rings is 1. The third kappa shape index (κ3) is 1.77. The van der Waals surface area contributed by atoms with Gasteiger partial charge in [0.05, 0.1) is 0 Å². The van der Waals surface area contributed by atoms with Crippen LogP contribution in [-0.4, -0.2) is 4.57 Å². The minimum Gasteiger partial charge on any atom is -0.350 e. The topological polar surface area (TPSA) is 30.9 Å². The minimum absolute atomic E-state index is 0.168. The molecule has 0 fully saturated rings. The molecule has 0 radical (unpaired) electrons. The zero-order valence-electron chi connectivity index (χ0n) is 9.40. The molecule has 2 heteroatoms. The smallest absolute Gasteiger partial charge is 0.0481 e. The highest BCUT2D eigenvalue weighted by Crippen LogP contribution is 2.26. The van der Waals surface area contributed by atoms with Crippen LogP contribution in [0.3, 0.4) is 0 Å². The Bertz CT molecular complexity index is 457. The molecule has 1 atom stereocenters. The molecule has 0 aliphatic rings. The second kappa shape index (κ2) is 4.07. The maximum absolute atomic E-state index is 6.17. The van der Waals surface area contributed by atoms with Crippen LogP contribution in [0, 0.1) is 0 Å². The third-order valence-electron chi connectivity index (χ3n) is 2.93. The van der Waals surface area contributed by atoms with Crippen molar-refractivity contribution in [3.63, 3.8) is 0 Å². The Morgan fingerprint density at radius 3 is 2.80 bits per heavy atom. The highest BCUT2D eigenvalue weighted by molar-refractivity contribution is 5.84. The van der Waals surface area contributed by atoms with E-state index < -0.39 is 0 Å². The van der Waals surface area contributed by atoms with E-state index in [2.05, 4.69) is 49.0 Å². The highest BCUT2D eigenvalue weighted by Gasteiger charge is 2.11. The Kier molecular flexibility index (Phi) is 2.78. The summed E-state index contributed by atoms with van der Waals surface area (Å²) in [5.74, 6) is 0. The van der Waals surface area contributed by atoms with Gasteiger partial charge >= 0.3 is 0 Å². The molecule has 2 N–H and O–H groups in total. The predicted octanol–water partition coefficient (Wildman–Crippen LogP) is 2.98. The van der Waals surface area contributed by atoms with Gasteiger partial charge in [0, 0.05) is 30.2 Å². The number of nitrogens with two attached hydrogens (primary N) is 1. The summed E-state index contributed by atoms with van der Waals surface area (Å²) >= 11 is 0. The summed E-state index contributed by atoms with van der Waals surface area (Å²) in [4.78, 5) is 0. The summed E-state index contributed by atoms with van der Waals surface area (Å²) < 4.78 is 2.15. The summed E-state index contributed by atoms with van der Waals surface area (Å²) in [6, 6.07) is 8.60. The van der Waals surface area contributed by atoms with Crippen molar-refractivity contribution in [3.05, 3.63) is 36.0 Å². The summed E-state index contributed by atoms with van der Waals surface area (Å²) in [5.41, 5.74) is 8.71. The van der Waals surface area contributed by atoms with Crippen LogP contribution in [0.15, 0.2) is 30.5 Å². The number of hydrogen-bond acceptors (Lipinski definition) is 1.